The van der Waals surface area contributed by atoms with E-state index < -0.39 is 23.1 Å². The molecule has 2 aliphatic rings. The fourth-order valence-corrected chi connectivity index (χ4v) is 8.10. The molecular weight excluding hydrogens is 663 g/mol. The van der Waals surface area contributed by atoms with Gasteiger partial charge in [-0.1, -0.05) is 57.0 Å². The number of rotatable bonds is 17. The molecule has 2 aromatic rings. The summed E-state index contributed by atoms with van der Waals surface area (Å²) in [7, 11) is -8.41. The number of allylic oxidation sites excluding steroid dienone is 6. The zero-order valence-corrected chi connectivity index (χ0v) is 31.1. The van der Waals surface area contributed by atoms with Crippen molar-refractivity contribution in [2.24, 2.45) is 0 Å². The van der Waals surface area contributed by atoms with Gasteiger partial charge in [0.1, 0.15) is 6.54 Å². The maximum Gasteiger partial charge on any atom is 0.329 e. The number of benzene rings is 2. The van der Waals surface area contributed by atoms with Gasteiger partial charge in [0.2, 0.25) is 5.69 Å². The summed E-state index contributed by atoms with van der Waals surface area (Å²) in [6.07, 6.45) is 13.0. The number of unbranched alkanes of at least 4 members (excludes halogenated alkanes) is 2. The summed E-state index contributed by atoms with van der Waals surface area (Å²) in [5, 5.41) is 0. The van der Waals surface area contributed by atoms with Crippen LogP contribution < -0.4 is 4.90 Å². The molecule has 1 unspecified atom stereocenters. The molecule has 2 aromatic carbocycles. The fourth-order valence-electron chi connectivity index (χ4n) is 6.59. The van der Waals surface area contributed by atoms with Crippen molar-refractivity contribution in [3.05, 3.63) is 89.2 Å². The van der Waals surface area contributed by atoms with Gasteiger partial charge in [-0.3, -0.25) is 13.9 Å². The standard InChI is InChI=1S/C37H49N2O8PS/c1-7-8-20-38-32-18-16-28(2)25-30(32)36(3,4)34(38)14-10-9-11-15-35-37(5,6)31-26-29(49(43,44)45)17-19-33(31)39(35)21-24-48(41,42)47-23-13-12-22-46-27-40/h9-11,14-19,25-27H,7-8,12-13,20-24H2,1-6H3,(H-,41,42,43,44,45)/p+1. The third kappa shape index (κ3) is 8.88. The second kappa shape index (κ2) is 15.7. The Morgan fingerprint density at radius 1 is 0.959 bits per heavy atom. The van der Waals surface area contributed by atoms with Crippen LogP contribution in [-0.2, 0) is 39.6 Å². The smallest absolute Gasteiger partial charge is 0.329 e. The van der Waals surface area contributed by atoms with Crippen LogP contribution in [0.5, 0.6) is 0 Å². The fraction of sp³-hybridized carbons (Fsp3) is 0.459. The van der Waals surface area contributed by atoms with Gasteiger partial charge < -0.3 is 19.1 Å². The van der Waals surface area contributed by atoms with Crippen LogP contribution in [-0.4, -0.2) is 67.1 Å². The lowest BCUT2D eigenvalue weighted by Gasteiger charge is -2.27. The summed E-state index contributed by atoms with van der Waals surface area (Å²) in [6, 6.07) is 11.1. The van der Waals surface area contributed by atoms with Crippen molar-refractivity contribution in [3.63, 3.8) is 0 Å². The van der Waals surface area contributed by atoms with Gasteiger partial charge in [0, 0.05) is 47.5 Å². The van der Waals surface area contributed by atoms with E-state index in [4.69, 9.17) is 4.52 Å². The Balaban J connectivity index is 1.61. The minimum atomic E-state index is -4.44. The van der Waals surface area contributed by atoms with Crippen LogP contribution in [0.3, 0.4) is 0 Å². The predicted octanol–water partition coefficient (Wildman–Crippen LogP) is 7.37. The first-order valence-electron chi connectivity index (χ1n) is 16.8. The quantitative estimate of drug-likeness (QED) is 0.0431. The van der Waals surface area contributed by atoms with E-state index in [2.05, 4.69) is 61.3 Å². The molecular formula is C37H50N2O8PS+. The third-order valence-electron chi connectivity index (χ3n) is 9.30. The predicted molar refractivity (Wildman–Crippen MR) is 194 cm³/mol. The van der Waals surface area contributed by atoms with E-state index in [-0.39, 0.29) is 36.2 Å². The summed E-state index contributed by atoms with van der Waals surface area (Å²) < 4.78 is 59.1. The third-order valence-corrected chi connectivity index (χ3v) is 11.5. The van der Waals surface area contributed by atoms with Crippen molar-refractivity contribution in [1.82, 2.24) is 0 Å². The molecule has 0 saturated carbocycles. The highest BCUT2D eigenvalue weighted by atomic mass is 32.2. The Morgan fingerprint density at radius 3 is 2.39 bits per heavy atom. The summed E-state index contributed by atoms with van der Waals surface area (Å²) in [4.78, 5) is 22.6. The average Bonchev–Trinajstić information content (AvgIpc) is 3.37. The summed E-state index contributed by atoms with van der Waals surface area (Å²) in [5.74, 6) is 0. The first-order chi connectivity index (χ1) is 23.0. The number of carbonyl (C=O) groups excluding carboxylic acids is 1. The van der Waals surface area contributed by atoms with Crippen LogP contribution in [0.25, 0.3) is 0 Å². The maximum absolute atomic E-state index is 13.0. The molecule has 0 bridgehead atoms. The Morgan fingerprint density at radius 2 is 1.69 bits per heavy atom. The number of anilines is 1. The van der Waals surface area contributed by atoms with E-state index in [0.29, 0.717) is 30.6 Å². The zero-order chi connectivity index (χ0) is 36.0. The number of carbonyl (C=O) groups is 1. The highest BCUT2D eigenvalue weighted by molar-refractivity contribution is 7.85. The molecule has 0 radical (unpaired) electrons. The van der Waals surface area contributed by atoms with Gasteiger partial charge in [-0.05, 0) is 69.5 Å². The molecule has 0 amide bonds. The van der Waals surface area contributed by atoms with Crippen molar-refractivity contribution < 1.29 is 41.1 Å². The zero-order valence-electron chi connectivity index (χ0n) is 29.4. The lowest BCUT2D eigenvalue weighted by atomic mass is 9.81. The van der Waals surface area contributed by atoms with Crippen LogP contribution in [0.2, 0.25) is 0 Å². The van der Waals surface area contributed by atoms with Crippen LogP contribution in [0.4, 0.5) is 11.4 Å². The van der Waals surface area contributed by atoms with Gasteiger partial charge >= 0.3 is 7.60 Å². The molecule has 0 aromatic heterocycles. The van der Waals surface area contributed by atoms with Crippen LogP contribution >= 0.6 is 7.60 Å². The maximum atomic E-state index is 13.0. The molecule has 1 atom stereocenters. The highest BCUT2D eigenvalue weighted by Gasteiger charge is 2.44. The largest absolute Gasteiger partial charge is 0.468 e. The summed E-state index contributed by atoms with van der Waals surface area (Å²) >= 11 is 0. The minimum Gasteiger partial charge on any atom is -0.468 e. The van der Waals surface area contributed by atoms with Crippen LogP contribution in [0.1, 0.15) is 77.0 Å². The Hall–Kier alpha value is -3.34. The summed E-state index contributed by atoms with van der Waals surface area (Å²) in [5.41, 5.74) is 6.31. The van der Waals surface area contributed by atoms with Crippen molar-refractivity contribution in [2.75, 3.05) is 37.4 Å². The van der Waals surface area contributed by atoms with Gasteiger partial charge in [0.15, 0.2) is 5.71 Å². The monoisotopic (exact) mass is 713 g/mol. The van der Waals surface area contributed by atoms with E-state index in [1.165, 1.54) is 34.7 Å². The lowest BCUT2D eigenvalue weighted by Crippen LogP contribution is -2.28. The second-order valence-electron chi connectivity index (χ2n) is 13.6. The minimum absolute atomic E-state index is 0.0456. The van der Waals surface area contributed by atoms with Crippen molar-refractivity contribution in [1.29, 1.82) is 0 Å². The van der Waals surface area contributed by atoms with Crippen molar-refractivity contribution in [3.8, 4) is 0 Å². The van der Waals surface area contributed by atoms with Gasteiger partial charge in [-0.15, -0.1) is 0 Å². The molecule has 0 aliphatic carbocycles. The number of hydrogen-bond acceptors (Lipinski definition) is 7. The molecule has 0 saturated heterocycles. The molecule has 12 heteroatoms. The first-order valence-corrected chi connectivity index (χ1v) is 20.0. The molecule has 2 N–H and O–H groups in total. The Kier molecular flexibility index (Phi) is 12.3. The van der Waals surface area contributed by atoms with Gasteiger partial charge in [0.05, 0.1) is 29.7 Å². The topological polar surface area (TPSA) is 133 Å². The molecule has 0 fully saturated rings. The molecule has 266 valence electrons. The number of hydrogen-bond donors (Lipinski definition) is 2. The normalized spacial score (nSPS) is 18.8. The molecule has 2 heterocycles. The number of ether oxygens (including phenoxy) is 1. The number of nitrogens with zero attached hydrogens (tertiary/aromatic N) is 2. The van der Waals surface area contributed by atoms with Gasteiger partial charge in [0.25, 0.3) is 16.6 Å². The van der Waals surface area contributed by atoms with E-state index in [9.17, 15) is 27.2 Å². The van der Waals surface area contributed by atoms with Gasteiger partial charge in [-0.2, -0.15) is 13.0 Å². The molecule has 10 nitrogen and oxygen atoms in total. The van der Waals surface area contributed by atoms with Crippen molar-refractivity contribution >= 4 is 41.3 Å². The number of fused-ring (bicyclic) bond motifs is 2. The highest BCUT2D eigenvalue weighted by Crippen LogP contribution is 2.50. The first kappa shape index (κ1) is 38.5. The summed E-state index contributed by atoms with van der Waals surface area (Å²) in [6.45, 7) is 14.4. The van der Waals surface area contributed by atoms with Crippen LogP contribution in [0.15, 0.2) is 77.4 Å². The average molecular weight is 714 g/mol. The molecule has 4 rings (SSSR count). The van der Waals surface area contributed by atoms with Crippen molar-refractivity contribution in [2.45, 2.75) is 83.0 Å². The Labute approximate surface area is 291 Å². The Bertz CT molecular complexity index is 1820. The van der Waals surface area contributed by atoms with E-state index in [0.717, 1.165) is 25.1 Å². The molecule has 2 aliphatic heterocycles. The molecule has 49 heavy (non-hydrogen) atoms. The number of aryl methyl sites for hydroxylation is 1. The van der Waals surface area contributed by atoms with E-state index in [1.807, 2.05) is 43.1 Å². The van der Waals surface area contributed by atoms with Gasteiger partial charge in [-0.25, -0.2) is 0 Å². The second-order valence-corrected chi connectivity index (χ2v) is 17.0. The van der Waals surface area contributed by atoms with Crippen LogP contribution in [0, 0.1) is 6.92 Å². The lowest BCUT2D eigenvalue weighted by molar-refractivity contribution is -0.438. The molecule has 0 spiro atoms. The van der Waals surface area contributed by atoms with E-state index in [1.54, 1.807) is 6.07 Å². The van der Waals surface area contributed by atoms with E-state index >= 15 is 0 Å². The SMILES string of the molecule is CCCC[N+]1=C(C=CC=CC=C2N(CCP(=O)(O)OCCCCOC=O)c3ccc(S(=O)(=O)O)cc3C2(C)C)C(C)(C)c2cc(C)ccc21.